The van der Waals surface area contributed by atoms with Crippen molar-refractivity contribution in [1.82, 2.24) is 10.2 Å². The Kier molecular flexibility index (Phi) is 7.21. The average Bonchev–Trinajstić information content (AvgIpc) is 2.50. The molecular formula is C18H29BrN2. The van der Waals surface area contributed by atoms with Gasteiger partial charge in [0.05, 0.1) is 0 Å². The number of halogens is 1. The monoisotopic (exact) mass is 352 g/mol. The van der Waals surface area contributed by atoms with Gasteiger partial charge in [-0.3, -0.25) is 0 Å². The van der Waals surface area contributed by atoms with Gasteiger partial charge in [0.25, 0.3) is 0 Å². The van der Waals surface area contributed by atoms with Gasteiger partial charge in [0.1, 0.15) is 0 Å². The summed E-state index contributed by atoms with van der Waals surface area (Å²) in [5, 5.41) is 3.71. The van der Waals surface area contributed by atoms with Crippen molar-refractivity contribution in [2.75, 3.05) is 26.2 Å². The number of hydrogen-bond donors (Lipinski definition) is 1. The molecule has 1 atom stereocenters. The van der Waals surface area contributed by atoms with E-state index in [4.69, 9.17) is 0 Å². The maximum atomic E-state index is 3.71. The summed E-state index contributed by atoms with van der Waals surface area (Å²) in [6, 6.07) is 9.19. The third-order valence-electron chi connectivity index (χ3n) is 4.60. The van der Waals surface area contributed by atoms with E-state index >= 15 is 0 Å². The summed E-state index contributed by atoms with van der Waals surface area (Å²) >= 11 is 3.50. The Labute approximate surface area is 138 Å². The lowest BCUT2D eigenvalue weighted by molar-refractivity contribution is 0.189. The molecule has 0 amide bonds. The second-order valence-corrected chi connectivity index (χ2v) is 7.26. The minimum Gasteiger partial charge on any atom is -0.310 e. The lowest BCUT2D eigenvalue weighted by Crippen LogP contribution is -2.35. The van der Waals surface area contributed by atoms with E-state index in [0.29, 0.717) is 6.04 Å². The molecule has 1 saturated heterocycles. The summed E-state index contributed by atoms with van der Waals surface area (Å²) in [7, 11) is 0. The van der Waals surface area contributed by atoms with Gasteiger partial charge >= 0.3 is 0 Å². The molecule has 118 valence electrons. The molecule has 1 N–H and O–H groups in total. The Balaban J connectivity index is 1.67. The fourth-order valence-corrected chi connectivity index (χ4v) is 3.32. The second-order valence-electron chi connectivity index (χ2n) is 6.34. The van der Waals surface area contributed by atoms with Gasteiger partial charge in [-0.2, -0.15) is 0 Å². The molecule has 3 heteroatoms. The lowest BCUT2D eigenvalue weighted by Gasteiger charge is -2.30. The van der Waals surface area contributed by atoms with Crippen LogP contribution in [0.1, 0.15) is 51.1 Å². The molecule has 1 aliphatic heterocycles. The zero-order chi connectivity index (χ0) is 15.1. The third kappa shape index (κ3) is 5.72. The van der Waals surface area contributed by atoms with Gasteiger partial charge in [-0.05, 0) is 75.5 Å². The van der Waals surface area contributed by atoms with Crippen LogP contribution in [-0.4, -0.2) is 31.1 Å². The van der Waals surface area contributed by atoms with Crippen LogP contribution >= 0.6 is 15.9 Å². The molecule has 1 aliphatic rings. The van der Waals surface area contributed by atoms with Crippen LogP contribution in [0.4, 0.5) is 0 Å². The summed E-state index contributed by atoms with van der Waals surface area (Å²) in [4.78, 5) is 2.63. The van der Waals surface area contributed by atoms with Gasteiger partial charge in [-0.25, -0.2) is 0 Å². The van der Waals surface area contributed by atoms with E-state index in [1.165, 1.54) is 44.5 Å². The third-order valence-corrected chi connectivity index (χ3v) is 5.13. The highest BCUT2D eigenvalue weighted by Gasteiger charge is 2.15. The quantitative estimate of drug-likeness (QED) is 0.720. The van der Waals surface area contributed by atoms with E-state index in [1.807, 2.05) is 0 Å². The molecule has 2 nitrogen and oxygen atoms in total. The summed E-state index contributed by atoms with van der Waals surface area (Å²) in [6.45, 7) is 9.59. The Bertz CT molecular complexity index is 396. The largest absolute Gasteiger partial charge is 0.310 e. The van der Waals surface area contributed by atoms with Crippen LogP contribution in [-0.2, 0) is 0 Å². The molecule has 1 heterocycles. The molecule has 1 unspecified atom stereocenters. The highest BCUT2D eigenvalue weighted by molar-refractivity contribution is 9.10. The van der Waals surface area contributed by atoms with Crippen molar-refractivity contribution in [1.29, 1.82) is 0 Å². The van der Waals surface area contributed by atoms with Gasteiger partial charge in [-0.15, -0.1) is 0 Å². The van der Waals surface area contributed by atoms with E-state index in [2.05, 4.69) is 64.3 Å². The van der Waals surface area contributed by atoms with E-state index in [9.17, 15) is 0 Å². The van der Waals surface area contributed by atoms with Crippen molar-refractivity contribution in [2.45, 2.75) is 45.6 Å². The van der Waals surface area contributed by atoms with Crippen LogP contribution in [0.25, 0.3) is 0 Å². The van der Waals surface area contributed by atoms with Crippen LogP contribution in [0.15, 0.2) is 28.7 Å². The smallest absolute Gasteiger partial charge is 0.0317 e. The number of hydrogen-bond acceptors (Lipinski definition) is 2. The predicted octanol–water partition coefficient (Wildman–Crippen LogP) is 4.61. The molecule has 1 fully saturated rings. The van der Waals surface area contributed by atoms with Gasteiger partial charge in [0.2, 0.25) is 0 Å². The maximum absolute atomic E-state index is 3.71. The lowest BCUT2D eigenvalue weighted by atomic mass is 9.99. The van der Waals surface area contributed by atoms with E-state index < -0.39 is 0 Å². The number of rotatable bonds is 7. The molecular weight excluding hydrogens is 324 g/mol. The number of nitrogens with zero attached hydrogens (tertiary/aromatic N) is 1. The SMILES string of the molecule is CCC(NCCCN1CCC(C)CC1)c1ccc(Br)cc1. The highest BCUT2D eigenvalue weighted by atomic mass is 79.9. The topological polar surface area (TPSA) is 15.3 Å². The standard InChI is InChI=1S/C18H29BrN2/c1-3-18(16-5-7-17(19)8-6-16)20-11-4-12-21-13-9-15(2)10-14-21/h5-8,15,18,20H,3-4,9-14H2,1-2H3. The van der Waals surface area contributed by atoms with Crippen molar-refractivity contribution in [3.8, 4) is 0 Å². The first kappa shape index (κ1) is 17.0. The minimum absolute atomic E-state index is 0.486. The number of likely N-dealkylation sites (tertiary alicyclic amines) is 1. The van der Waals surface area contributed by atoms with Crippen molar-refractivity contribution in [2.24, 2.45) is 5.92 Å². The molecule has 0 radical (unpaired) electrons. The minimum atomic E-state index is 0.486. The van der Waals surface area contributed by atoms with Crippen LogP contribution in [0.2, 0.25) is 0 Å². The first-order valence-corrected chi connectivity index (χ1v) is 9.19. The fraction of sp³-hybridized carbons (Fsp3) is 0.667. The number of benzene rings is 1. The first-order chi connectivity index (χ1) is 10.2. The van der Waals surface area contributed by atoms with Crippen molar-refractivity contribution >= 4 is 15.9 Å². The molecule has 2 rings (SSSR count). The zero-order valence-electron chi connectivity index (χ0n) is 13.4. The summed E-state index contributed by atoms with van der Waals surface area (Å²) in [5.41, 5.74) is 1.40. The Morgan fingerprint density at radius 1 is 1.24 bits per heavy atom. The molecule has 0 bridgehead atoms. The molecule has 21 heavy (non-hydrogen) atoms. The van der Waals surface area contributed by atoms with Crippen molar-refractivity contribution in [3.05, 3.63) is 34.3 Å². The summed E-state index contributed by atoms with van der Waals surface area (Å²) in [5.74, 6) is 0.932. The first-order valence-electron chi connectivity index (χ1n) is 8.40. The van der Waals surface area contributed by atoms with Crippen LogP contribution in [0, 0.1) is 5.92 Å². The number of piperidine rings is 1. The van der Waals surface area contributed by atoms with Gasteiger partial charge in [-0.1, -0.05) is 41.9 Å². The van der Waals surface area contributed by atoms with Gasteiger partial charge in [0, 0.05) is 10.5 Å². The predicted molar refractivity (Wildman–Crippen MR) is 94.6 cm³/mol. The molecule has 0 spiro atoms. The Hall–Kier alpha value is -0.380. The zero-order valence-corrected chi connectivity index (χ0v) is 15.0. The Morgan fingerprint density at radius 2 is 1.90 bits per heavy atom. The summed E-state index contributed by atoms with van der Waals surface area (Å²) < 4.78 is 1.15. The molecule has 0 aliphatic carbocycles. The van der Waals surface area contributed by atoms with Gasteiger partial charge < -0.3 is 10.2 Å². The summed E-state index contributed by atoms with van der Waals surface area (Å²) in [6.07, 6.45) is 5.15. The Morgan fingerprint density at radius 3 is 2.52 bits per heavy atom. The number of nitrogens with one attached hydrogen (secondary N) is 1. The normalized spacial score (nSPS) is 18.8. The van der Waals surface area contributed by atoms with Crippen LogP contribution in [0.5, 0.6) is 0 Å². The highest BCUT2D eigenvalue weighted by Crippen LogP contribution is 2.19. The van der Waals surface area contributed by atoms with Gasteiger partial charge in [0.15, 0.2) is 0 Å². The molecule has 0 aromatic heterocycles. The molecule has 1 aromatic rings. The van der Waals surface area contributed by atoms with Crippen LogP contribution in [0.3, 0.4) is 0 Å². The maximum Gasteiger partial charge on any atom is 0.0317 e. The van der Waals surface area contributed by atoms with E-state index in [-0.39, 0.29) is 0 Å². The molecule has 0 saturated carbocycles. The van der Waals surface area contributed by atoms with Crippen molar-refractivity contribution in [3.63, 3.8) is 0 Å². The average molecular weight is 353 g/mol. The fourth-order valence-electron chi connectivity index (χ4n) is 3.06. The van der Waals surface area contributed by atoms with E-state index in [1.54, 1.807) is 0 Å². The second kappa shape index (κ2) is 8.92. The molecule has 1 aromatic carbocycles. The van der Waals surface area contributed by atoms with Crippen molar-refractivity contribution < 1.29 is 0 Å². The van der Waals surface area contributed by atoms with Crippen LogP contribution < -0.4 is 5.32 Å². The van der Waals surface area contributed by atoms with E-state index in [0.717, 1.165) is 23.4 Å².